The molecule has 2 atom stereocenters. The number of likely N-dealkylation sites (N-methyl/N-ethyl adjacent to an activating group) is 1. The molecule has 0 amide bonds. The first-order valence-electron chi connectivity index (χ1n) is 9.73. The lowest BCUT2D eigenvalue weighted by atomic mass is 9.94. The fourth-order valence-electron chi connectivity index (χ4n) is 4.79. The van der Waals surface area contributed by atoms with Crippen LogP contribution in [0.2, 0.25) is 0 Å². The molecule has 26 heavy (non-hydrogen) atoms. The molecule has 0 aliphatic carbocycles. The maximum atomic E-state index is 4.34. The van der Waals surface area contributed by atoms with E-state index in [1.807, 2.05) is 12.4 Å². The van der Waals surface area contributed by atoms with E-state index in [1.54, 1.807) is 0 Å². The molecule has 1 saturated heterocycles. The second-order valence-corrected chi connectivity index (χ2v) is 8.09. The minimum Gasteiger partial charge on any atom is -0.374 e. The van der Waals surface area contributed by atoms with Gasteiger partial charge in [0.1, 0.15) is 0 Å². The first-order chi connectivity index (χ1) is 12.6. The number of benzene rings is 1. The van der Waals surface area contributed by atoms with Gasteiger partial charge in [-0.15, -0.1) is 0 Å². The summed E-state index contributed by atoms with van der Waals surface area (Å²) in [5, 5.41) is 0. The summed E-state index contributed by atoms with van der Waals surface area (Å²) in [6.45, 7) is 4.47. The van der Waals surface area contributed by atoms with E-state index in [-0.39, 0.29) is 0 Å². The molecule has 3 heterocycles. The smallest absolute Gasteiger partial charge is 0.0401 e. The minimum absolute atomic E-state index is 0.486. The first kappa shape index (κ1) is 17.5. The second-order valence-electron chi connectivity index (χ2n) is 8.09. The monoisotopic (exact) mass is 350 g/mol. The summed E-state index contributed by atoms with van der Waals surface area (Å²) in [6, 6.07) is 11.8. The molecule has 0 saturated carbocycles. The Kier molecular flexibility index (Phi) is 4.96. The van der Waals surface area contributed by atoms with Gasteiger partial charge in [0.2, 0.25) is 0 Å². The van der Waals surface area contributed by atoms with Crippen LogP contribution in [-0.4, -0.2) is 55.6 Å². The van der Waals surface area contributed by atoms with Crippen molar-refractivity contribution in [3.8, 4) is 0 Å². The number of anilines is 1. The topological polar surface area (TPSA) is 22.6 Å². The number of hydrogen-bond donors (Lipinski definition) is 0. The van der Waals surface area contributed by atoms with Gasteiger partial charge < -0.3 is 9.80 Å². The summed E-state index contributed by atoms with van der Waals surface area (Å²) in [4.78, 5) is 11.7. The average molecular weight is 351 g/mol. The molecule has 1 fully saturated rings. The molecular weight excluding hydrogens is 320 g/mol. The van der Waals surface area contributed by atoms with E-state index in [4.69, 9.17) is 0 Å². The molecule has 0 bridgehead atoms. The third-order valence-electron chi connectivity index (χ3n) is 6.07. The zero-order chi connectivity index (χ0) is 18.1. The van der Waals surface area contributed by atoms with Gasteiger partial charge in [-0.2, -0.15) is 0 Å². The number of rotatable bonds is 5. The summed E-state index contributed by atoms with van der Waals surface area (Å²) in [7, 11) is 6.69. The molecule has 2 aliphatic heterocycles. The quantitative estimate of drug-likeness (QED) is 0.826. The van der Waals surface area contributed by atoms with Gasteiger partial charge in [-0.05, 0) is 68.2 Å². The van der Waals surface area contributed by atoms with Gasteiger partial charge in [-0.25, -0.2) is 0 Å². The standard InChI is InChI=1S/C22H30N4/c1-24(15-17-6-7-21-18(13-17)8-11-25(21)2)16-20-9-12-26(3)22(20)19-5-4-10-23-14-19/h4-7,10,13-14,20,22H,8-9,11-12,15-16H2,1-3H3/t20-,22-/m0/s1. The molecule has 1 aromatic heterocycles. The Bertz CT molecular complexity index is 745. The highest BCUT2D eigenvalue weighted by Gasteiger charge is 2.33. The van der Waals surface area contributed by atoms with E-state index < -0.39 is 0 Å². The summed E-state index contributed by atoms with van der Waals surface area (Å²) in [5.74, 6) is 0.662. The van der Waals surface area contributed by atoms with Crippen LogP contribution < -0.4 is 4.90 Å². The molecule has 0 N–H and O–H groups in total. The van der Waals surface area contributed by atoms with Crippen molar-refractivity contribution in [2.45, 2.75) is 25.4 Å². The SMILES string of the molecule is CN(Cc1ccc2c(c1)CCN2C)C[C@@H]1CCN(C)[C@H]1c1cccnc1. The van der Waals surface area contributed by atoms with Crippen LogP contribution in [0.4, 0.5) is 5.69 Å². The molecule has 0 spiro atoms. The van der Waals surface area contributed by atoms with Crippen LogP contribution in [0.15, 0.2) is 42.7 Å². The molecule has 2 aliphatic rings. The van der Waals surface area contributed by atoms with Crippen molar-refractivity contribution in [2.75, 3.05) is 45.7 Å². The Hall–Kier alpha value is -1.91. The van der Waals surface area contributed by atoms with Crippen LogP contribution in [-0.2, 0) is 13.0 Å². The van der Waals surface area contributed by atoms with Gasteiger partial charge in [0.25, 0.3) is 0 Å². The second kappa shape index (κ2) is 7.37. The maximum Gasteiger partial charge on any atom is 0.0401 e. The van der Waals surface area contributed by atoms with Crippen LogP contribution in [0.3, 0.4) is 0 Å². The van der Waals surface area contributed by atoms with Crippen LogP contribution in [0.1, 0.15) is 29.2 Å². The van der Waals surface area contributed by atoms with Gasteiger partial charge in [0.05, 0.1) is 0 Å². The van der Waals surface area contributed by atoms with E-state index in [9.17, 15) is 0 Å². The Balaban J connectivity index is 1.42. The van der Waals surface area contributed by atoms with E-state index in [2.05, 4.69) is 71.2 Å². The number of nitrogens with zero attached hydrogens (tertiary/aromatic N) is 4. The van der Waals surface area contributed by atoms with Crippen molar-refractivity contribution in [3.05, 3.63) is 59.4 Å². The zero-order valence-corrected chi connectivity index (χ0v) is 16.2. The maximum absolute atomic E-state index is 4.34. The Morgan fingerprint density at radius 1 is 1.19 bits per heavy atom. The fraction of sp³-hybridized carbons (Fsp3) is 0.500. The zero-order valence-electron chi connectivity index (χ0n) is 16.2. The normalized spacial score (nSPS) is 23.0. The van der Waals surface area contributed by atoms with Gasteiger partial charge >= 0.3 is 0 Å². The van der Waals surface area contributed by atoms with Gasteiger partial charge in [0, 0.05) is 50.8 Å². The average Bonchev–Trinajstić information content (AvgIpc) is 3.18. The van der Waals surface area contributed by atoms with Crippen LogP contribution in [0, 0.1) is 5.92 Å². The van der Waals surface area contributed by atoms with Crippen molar-refractivity contribution >= 4 is 5.69 Å². The van der Waals surface area contributed by atoms with Gasteiger partial charge in [0.15, 0.2) is 0 Å². The fourth-order valence-corrected chi connectivity index (χ4v) is 4.79. The van der Waals surface area contributed by atoms with Crippen molar-refractivity contribution in [1.29, 1.82) is 0 Å². The Morgan fingerprint density at radius 3 is 2.88 bits per heavy atom. The lowest BCUT2D eigenvalue weighted by Gasteiger charge is -2.28. The molecule has 4 rings (SSSR count). The predicted octanol–water partition coefficient (Wildman–Crippen LogP) is 3.20. The van der Waals surface area contributed by atoms with Crippen molar-refractivity contribution in [2.24, 2.45) is 5.92 Å². The van der Waals surface area contributed by atoms with Gasteiger partial charge in [-0.1, -0.05) is 18.2 Å². The first-order valence-corrected chi connectivity index (χ1v) is 9.73. The lowest BCUT2D eigenvalue weighted by molar-refractivity contribution is 0.213. The Morgan fingerprint density at radius 2 is 2.08 bits per heavy atom. The molecule has 4 heteroatoms. The summed E-state index contributed by atoms with van der Waals surface area (Å²) in [5.41, 5.74) is 5.70. The third-order valence-corrected chi connectivity index (χ3v) is 6.07. The molecular formula is C22H30N4. The van der Waals surface area contributed by atoms with Crippen molar-refractivity contribution in [1.82, 2.24) is 14.8 Å². The van der Waals surface area contributed by atoms with Crippen molar-refractivity contribution < 1.29 is 0 Å². The molecule has 4 nitrogen and oxygen atoms in total. The molecule has 0 unspecified atom stereocenters. The van der Waals surface area contributed by atoms with E-state index in [0.29, 0.717) is 12.0 Å². The molecule has 138 valence electrons. The highest BCUT2D eigenvalue weighted by atomic mass is 15.2. The number of hydrogen-bond acceptors (Lipinski definition) is 4. The largest absolute Gasteiger partial charge is 0.374 e. The van der Waals surface area contributed by atoms with Crippen LogP contribution in [0.5, 0.6) is 0 Å². The lowest BCUT2D eigenvalue weighted by Crippen LogP contribution is -2.30. The summed E-state index contributed by atoms with van der Waals surface area (Å²) < 4.78 is 0. The predicted molar refractivity (Wildman–Crippen MR) is 107 cm³/mol. The van der Waals surface area contributed by atoms with E-state index in [0.717, 1.165) is 19.6 Å². The summed E-state index contributed by atoms with van der Waals surface area (Å²) in [6.07, 6.45) is 6.34. The van der Waals surface area contributed by atoms with Crippen molar-refractivity contribution in [3.63, 3.8) is 0 Å². The number of likely N-dealkylation sites (tertiary alicyclic amines) is 1. The minimum atomic E-state index is 0.486. The number of pyridine rings is 1. The number of fused-ring (bicyclic) bond motifs is 1. The molecule has 0 radical (unpaired) electrons. The van der Waals surface area contributed by atoms with Gasteiger partial charge in [-0.3, -0.25) is 9.88 Å². The third kappa shape index (κ3) is 3.49. The highest BCUT2D eigenvalue weighted by molar-refractivity contribution is 5.58. The van der Waals surface area contributed by atoms with Crippen LogP contribution >= 0.6 is 0 Å². The molecule has 1 aromatic carbocycles. The van der Waals surface area contributed by atoms with E-state index >= 15 is 0 Å². The highest BCUT2D eigenvalue weighted by Crippen LogP contribution is 2.36. The molecule has 2 aromatic rings. The van der Waals surface area contributed by atoms with E-state index in [1.165, 1.54) is 41.8 Å². The number of aromatic nitrogens is 1. The summed E-state index contributed by atoms with van der Waals surface area (Å²) >= 11 is 0. The van der Waals surface area contributed by atoms with Crippen LogP contribution in [0.25, 0.3) is 0 Å². The Labute approximate surface area is 157 Å².